The number of hydrazine groups is 1. The molecule has 160 valence electrons. The topological polar surface area (TPSA) is 87.3 Å². The molecule has 2 aromatic rings. The smallest absolute Gasteiger partial charge is 0.279 e. The molecule has 0 saturated heterocycles. The number of fused-ring (bicyclic) bond motifs is 1. The van der Waals surface area contributed by atoms with Crippen LogP contribution in [0.3, 0.4) is 0 Å². The summed E-state index contributed by atoms with van der Waals surface area (Å²) in [5.74, 6) is -0.111. The molecule has 3 rings (SSSR count). The molecule has 3 amide bonds. The molecule has 0 fully saturated rings. The molecule has 0 spiro atoms. The van der Waals surface area contributed by atoms with E-state index in [4.69, 9.17) is 0 Å². The van der Waals surface area contributed by atoms with E-state index >= 15 is 0 Å². The first-order valence-electron chi connectivity index (χ1n) is 10.2. The Morgan fingerprint density at radius 3 is 2.43 bits per heavy atom. The van der Waals surface area contributed by atoms with Crippen molar-refractivity contribution in [3.63, 3.8) is 0 Å². The highest BCUT2D eigenvalue weighted by molar-refractivity contribution is 7.14. The third kappa shape index (κ3) is 5.69. The Hall–Kier alpha value is -2.67. The minimum atomic E-state index is -0.301. The van der Waals surface area contributed by atoms with E-state index in [-0.39, 0.29) is 29.6 Å². The quantitative estimate of drug-likeness (QED) is 0.648. The van der Waals surface area contributed by atoms with Crippen molar-refractivity contribution in [3.8, 4) is 0 Å². The van der Waals surface area contributed by atoms with Gasteiger partial charge in [0.05, 0.1) is 11.3 Å². The fourth-order valence-corrected chi connectivity index (χ4v) is 4.81. The Kier molecular flexibility index (Phi) is 6.61. The summed E-state index contributed by atoms with van der Waals surface area (Å²) in [4.78, 5) is 37.6. The number of amides is 3. The van der Waals surface area contributed by atoms with E-state index in [9.17, 15) is 14.4 Å². The van der Waals surface area contributed by atoms with Crippen LogP contribution in [0.5, 0.6) is 0 Å². The van der Waals surface area contributed by atoms with Gasteiger partial charge in [0.15, 0.2) is 0 Å². The molecule has 0 bridgehead atoms. The van der Waals surface area contributed by atoms with E-state index in [1.54, 1.807) is 24.3 Å². The minimum Gasteiger partial charge on any atom is -0.326 e. The summed E-state index contributed by atoms with van der Waals surface area (Å²) in [6, 6.07) is 8.99. The van der Waals surface area contributed by atoms with Crippen LogP contribution in [0.1, 0.15) is 59.8 Å². The van der Waals surface area contributed by atoms with Crippen LogP contribution >= 0.6 is 11.3 Å². The van der Waals surface area contributed by atoms with Crippen molar-refractivity contribution in [2.75, 3.05) is 5.32 Å². The molecule has 0 unspecified atom stereocenters. The molecule has 1 aliphatic carbocycles. The molecule has 0 radical (unpaired) electrons. The van der Waals surface area contributed by atoms with Gasteiger partial charge in [0, 0.05) is 17.5 Å². The Labute approximate surface area is 181 Å². The largest absolute Gasteiger partial charge is 0.326 e. The molecule has 7 heteroatoms. The highest BCUT2D eigenvalue weighted by Gasteiger charge is 2.30. The summed E-state index contributed by atoms with van der Waals surface area (Å²) < 4.78 is 0. The molecule has 1 atom stereocenters. The van der Waals surface area contributed by atoms with Crippen molar-refractivity contribution in [2.45, 2.75) is 53.4 Å². The molecule has 0 saturated carbocycles. The monoisotopic (exact) mass is 427 g/mol. The first kappa shape index (κ1) is 22.0. The van der Waals surface area contributed by atoms with Gasteiger partial charge in [-0.25, -0.2) is 0 Å². The molecule has 0 aliphatic heterocycles. The Balaban J connectivity index is 1.52. The second kappa shape index (κ2) is 9.00. The number of carbonyl (C=O) groups excluding carboxylic acids is 3. The number of hydrogen-bond acceptors (Lipinski definition) is 4. The minimum absolute atomic E-state index is 0.134. The van der Waals surface area contributed by atoms with Gasteiger partial charge in [-0.3, -0.25) is 25.2 Å². The molecule has 1 aromatic heterocycles. The third-order valence-electron chi connectivity index (χ3n) is 5.49. The van der Waals surface area contributed by atoms with Crippen molar-refractivity contribution < 1.29 is 14.4 Å². The van der Waals surface area contributed by atoms with Crippen molar-refractivity contribution in [2.24, 2.45) is 11.3 Å². The van der Waals surface area contributed by atoms with Gasteiger partial charge in [-0.15, -0.1) is 11.3 Å². The van der Waals surface area contributed by atoms with Gasteiger partial charge in [0.25, 0.3) is 5.91 Å². The molecule has 1 heterocycles. The van der Waals surface area contributed by atoms with E-state index in [0.717, 1.165) is 24.8 Å². The number of aryl methyl sites for hydroxylation is 1. The lowest BCUT2D eigenvalue weighted by molar-refractivity contribution is -0.121. The lowest BCUT2D eigenvalue weighted by atomic mass is 9.72. The van der Waals surface area contributed by atoms with E-state index in [2.05, 4.69) is 36.9 Å². The van der Waals surface area contributed by atoms with Crippen LogP contribution < -0.4 is 16.2 Å². The fraction of sp³-hybridized carbons (Fsp3) is 0.435. The lowest BCUT2D eigenvalue weighted by Gasteiger charge is -2.33. The number of nitrogens with one attached hydrogen (secondary N) is 3. The molecule has 3 N–H and O–H groups in total. The first-order chi connectivity index (χ1) is 14.1. The van der Waals surface area contributed by atoms with Gasteiger partial charge >= 0.3 is 0 Å². The number of thiophene rings is 1. The number of benzene rings is 1. The second-order valence-electron chi connectivity index (χ2n) is 8.92. The predicted octanol–water partition coefficient (Wildman–Crippen LogP) is 3.86. The highest BCUT2D eigenvalue weighted by atomic mass is 32.1. The van der Waals surface area contributed by atoms with Crippen molar-refractivity contribution in [3.05, 3.63) is 51.2 Å². The van der Waals surface area contributed by atoms with Crippen LogP contribution in [-0.2, 0) is 28.9 Å². The summed E-state index contributed by atoms with van der Waals surface area (Å²) in [6.07, 6.45) is 3.30. The fourth-order valence-electron chi connectivity index (χ4n) is 3.70. The summed E-state index contributed by atoms with van der Waals surface area (Å²) in [5, 5.41) is 2.68. The van der Waals surface area contributed by atoms with Crippen LogP contribution in [0, 0.1) is 11.3 Å². The zero-order chi connectivity index (χ0) is 21.9. The Morgan fingerprint density at radius 2 is 1.80 bits per heavy atom. The number of rotatable bonds is 4. The van der Waals surface area contributed by atoms with E-state index in [1.165, 1.54) is 28.7 Å². The average Bonchev–Trinajstić information content (AvgIpc) is 3.10. The van der Waals surface area contributed by atoms with Crippen LogP contribution in [0.2, 0.25) is 0 Å². The van der Waals surface area contributed by atoms with Crippen molar-refractivity contribution in [1.29, 1.82) is 0 Å². The second-order valence-corrected chi connectivity index (χ2v) is 10.1. The normalized spacial score (nSPS) is 15.8. The number of carbonyl (C=O) groups is 3. The van der Waals surface area contributed by atoms with Crippen molar-refractivity contribution in [1.82, 2.24) is 10.9 Å². The van der Waals surface area contributed by atoms with Crippen LogP contribution in [0.15, 0.2) is 30.3 Å². The zero-order valence-electron chi connectivity index (χ0n) is 17.9. The summed E-state index contributed by atoms with van der Waals surface area (Å²) in [6.45, 7) is 8.25. The molecule has 6 nitrogen and oxygen atoms in total. The summed E-state index contributed by atoms with van der Waals surface area (Å²) in [7, 11) is 0. The maximum absolute atomic E-state index is 12.5. The first-order valence-corrected chi connectivity index (χ1v) is 11.0. The van der Waals surface area contributed by atoms with Crippen LogP contribution in [-0.4, -0.2) is 17.7 Å². The van der Waals surface area contributed by atoms with Crippen molar-refractivity contribution >= 4 is 34.7 Å². The Morgan fingerprint density at radius 1 is 1.10 bits per heavy atom. The predicted molar refractivity (Wildman–Crippen MR) is 119 cm³/mol. The number of hydrogen-bond donors (Lipinski definition) is 3. The van der Waals surface area contributed by atoms with Gasteiger partial charge in [0.1, 0.15) is 0 Å². The molecule has 1 aliphatic rings. The lowest BCUT2D eigenvalue weighted by Crippen LogP contribution is -2.42. The highest BCUT2D eigenvalue weighted by Crippen LogP contribution is 2.40. The van der Waals surface area contributed by atoms with Gasteiger partial charge in [-0.05, 0) is 59.9 Å². The van der Waals surface area contributed by atoms with Gasteiger partial charge < -0.3 is 5.32 Å². The van der Waals surface area contributed by atoms with E-state index in [0.29, 0.717) is 16.5 Å². The average molecular weight is 428 g/mol. The standard InChI is InChI=1S/C23H29N3O3S/c1-14(27)24-18-8-5-15(6-9-18)11-21(28)25-26-22(29)20-13-16-12-17(23(2,3)4)7-10-19(16)30-20/h5-6,8-9,13,17H,7,10-12H2,1-4H3,(H,24,27)(H,25,28)(H,26,29)/t17-/m0/s1. The van der Waals surface area contributed by atoms with Gasteiger partial charge in [-0.1, -0.05) is 32.9 Å². The third-order valence-corrected chi connectivity index (χ3v) is 6.72. The SMILES string of the molecule is CC(=O)Nc1ccc(CC(=O)NNC(=O)c2cc3c(s2)CC[C@H](C(C)(C)C)C3)cc1. The zero-order valence-corrected chi connectivity index (χ0v) is 18.7. The maximum Gasteiger partial charge on any atom is 0.279 e. The summed E-state index contributed by atoms with van der Waals surface area (Å²) in [5.41, 5.74) is 8.00. The van der Waals surface area contributed by atoms with Gasteiger partial charge in [0.2, 0.25) is 11.8 Å². The molecule has 30 heavy (non-hydrogen) atoms. The maximum atomic E-state index is 12.5. The van der Waals surface area contributed by atoms with Crippen LogP contribution in [0.4, 0.5) is 5.69 Å². The molecular weight excluding hydrogens is 398 g/mol. The summed E-state index contributed by atoms with van der Waals surface area (Å²) >= 11 is 1.52. The van der Waals surface area contributed by atoms with Crippen LogP contribution in [0.25, 0.3) is 0 Å². The van der Waals surface area contributed by atoms with Gasteiger partial charge in [-0.2, -0.15) is 0 Å². The molecule has 1 aromatic carbocycles. The van der Waals surface area contributed by atoms with E-state index < -0.39 is 0 Å². The molecular formula is C23H29N3O3S. The Bertz CT molecular complexity index is 942. The number of anilines is 1. The van der Waals surface area contributed by atoms with E-state index in [1.807, 2.05) is 6.07 Å².